The fraction of sp³-hybridized carbons (Fsp3) is 0.200. The Labute approximate surface area is 96.7 Å². The molecule has 0 saturated carbocycles. The number of anilines is 1. The third kappa shape index (κ3) is 2.87. The Hall–Kier alpha value is -1.75. The normalized spacial score (nSPS) is 11.9. The topological polar surface area (TPSA) is 86.6 Å². The summed E-state index contributed by atoms with van der Waals surface area (Å²) >= 11 is 5.74. The molecule has 0 spiro atoms. The number of aromatic hydroxyl groups is 1. The third-order valence-corrected chi connectivity index (χ3v) is 2.29. The molecule has 1 rings (SSSR count). The van der Waals surface area contributed by atoms with Crippen molar-refractivity contribution in [1.29, 1.82) is 0 Å². The van der Waals surface area contributed by atoms with E-state index in [1.54, 1.807) is 0 Å². The zero-order valence-electron chi connectivity index (χ0n) is 8.40. The Kier molecular flexibility index (Phi) is 3.73. The van der Waals surface area contributed by atoms with E-state index in [1.807, 2.05) is 0 Å². The van der Waals surface area contributed by atoms with Crippen LogP contribution in [-0.2, 0) is 9.59 Å². The van der Waals surface area contributed by atoms with Crippen molar-refractivity contribution in [2.45, 2.75) is 6.92 Å². The Morgan fingerprint density at radius 1 is 1.44 bits per heavy atom. The van der Waals surface area contributed by atoms with Gasteiger partial charge in [0.25, 0.3) is 0 Å². The molecule has 0 radical (unpaired) electrons. The van der Waals surface area contributed by atoms with Crippen LogP contribution < -0.4 is 5.32 Å². The Bertz CT molecular complexity index is 433. The summed E-state index contributed by atoms with van der Waals surface area (Å²) in [5.41, 5.74) is 0.262. The molecule has 1 amide bonds. The number of amides is 1. The molecule has 0 bridgehead atoms. The molecule has 16 heavy (non-hydrogen) atoms. The molecule has 1 aromatic carbocycles. The van der Waals surface area contributed by atoms with Gasteiger partial charge in [0.1, 0.15) is 11.7 Å². The zero-order chi connectivity index (χ0) is 12.3. The number of carbonyl (C=O) groups is 2. The smallest absolute Gasteiger partial charge is 0.315 e. The second-order valence-electron chi connectivity index (χ2n) is 3.21. The van der Waals surface area contributed by atoms with Gasteiger partial charge in [0.15, 0.2) is 0 Å². The molecule has 0 aliphatic carbocycles. The molecule has 5 nitrogen and oxygen atoms in total. The minimum atomic E-state index is -1.22. The number of benzene rings is 1. The maximum absolute atomic E-state index is 11.4. The van der Waals surface area contributed by atoms with Gasteiger partial charge in [-0.3, -0.25) is 9.59 Å². The second-order valence-corrected chi connectivity index (χ2v) is 3.62. The predicted octanol–water partition coefficient (Wildman–Crippen LogP) is 1.70. The van der Waals surface area contributed by atoms with Crippen molar-refractivity contribution < 1.29 is 19.8 Å². The molecule has 3 N–H and O–H groups in total. The average Bonchev–Trinajstić information content (AvgIpc) is 2.20. The van der Waals surface area contributed by atoms with Gasteiger partial charge < -0.3 is 15.5 Å². The van der Waals surface area contributed by atoms with Gasteiger partial charge >= 0.3 is 5.97 Å². The van der Waals surface area contributed by atoms with E-state index in [2.05, 4.69) is 5.32 Å². The number of nitrogens with one attached hydrogen (secondary N) is 1. The fourth-order valence-electron chi connectivity index (χ4n) is 0.959. The van der Waals surface area contributed by atoms with Gasteiger partial charge in [-0.05, 0) is 19.1 Å². The van der Waals surface area contributed by atoms with Crippen molar-refractivity contribution in [2.24, 2.45) is 5.92 Å². The molecule has 1 atom stereocenters. The highest BCUT2D eigenvalue weighted by Crippen LogP contribution is 2.26. The van der Waals surface area contributed by atoms with Crippen LogP contribution in [0.5, 0.6) is 5.75 Å². The summed E-state index contributed by atoms with van der Waals surface area (Å²) < 4.78 is 0. The van der Waals surface area contributed by atoms with E-state index in [0.29, 0.717) is 0 Å². The Balaban J connectivity index is 2.81. The van der Waals surface area contributed by atoms with Crippen LogP contribution in [0.2, 0.25) is 5.02 Å². The first kappa shape index (κ1) is 12.3. The molecule has 1 unspecified atom stereocenters. The van der Waals surface area contributed by atoms with E-state index in [9.17, 15) is 9.59 Å². The minimum Gasteiger partial charge on any atom is -0.508 e. The number of carboxylic acid groups (broad SMARTS) is 1. The summed E-state index contributed by atoms with van der Waals surface area (Å²) in [6, 6.07) is 3.99. The minimum absolute atomic E-state index is 0.0331. The van der Waals surface area contributed by atoms with Gasteiger partial charge in [0.2, 0.25) is 5.91 Å². The molecule has 0 aliphatic heterocycles. The molecule has 0 fully saturated rings. The van der Waals surface area contributed by atoms with Gasteiger partial charge in [-0.1, -0.05) is 11.6 Å². The molecule has 0 aromatic heterocycles. The number of carboxylic acids is 1. The van der Waals surface area contributed by atoms with Gasteiger partial charge in [-0.15, -0.1) is 0 Å². The van der Waals surface area contributed by atoms with Crippen molar-refractivity contribution in [2.75, 3.05) is 5.32 Å². The second kappa shape index (κ2) is 4.85. The van der Waals surface area contributed by atoms with Crippen molar-refractivity contribution in [1.82, 2.24) is 0 Å². The maximum atomic E-state index is 11.4. The van der Waals surface area contributed by atoms with Crippen LogP contribution in [0.4, 0.5) is 5.69 Å². The lowest BCUT2D eigenvalue weighted by Crippen LogP contribution is -2.26. The number of halogens is 1. The Morgan fingerprint density at radius 3 is 2.56 bits per heavy atom. The third-order valence-electron chi connectivity index (χ3n) is 1.97. The largest absolute Gasteiger partial charge is 0.508 e. The van der Waals surface area contributed by atoms with Gasteiger partial charge in [-0.25, -0.2) is 0 Å². The lowest BCUT2D eigenvalue weighted by molar-refractivity contribution is -0.144. The summed E-state index contributed by atoms with van der Waals surface area (Å²) in [5.74, 6) is -3.08. The highest BCUT2D eigenvalue weighted by molar-refractivity contribution is 6.34. The van der Waals surface area contributed by atoms with E-state index < -0.39 is 17.8 Å². The van der Waals surface area contributed by atoms with E-state index in [-0.39, 0.29) is 16.5 Å². The number of rotatable bonds is 3. The highest BCUT2D eigenvalue weighted by Gasteiger charge is 2.21. The van der Waals surface area contributed by atoms with Crippen LogP contribution in [0, 0.1) is 5.92 Å². The van der Waals surface area contributed by atoms with E-state index in [0.717, 1.165) is 0 Å². The lowest BCUT2D eigenvalue weighted by atomic mass is 10.1. The fourth-order valence-corrected chi connectivity index (χ4v) is 1.18. The summed E-state index contributed by atoms with van der Waals surface area (Å²) in [4.78, 5) is 21.9. The number of hydrogen-bond donors (Lipinski definition) is 3. The molecule has 0 aliphatic rings. The van der Waals surface area contributed by atoms with Crippen LogP contribution in [0.25, 0.3) is 0 Å². The molecule has 0 heterocycles. The van der Waals surface area contributed by atoms with Crippen LogP contribution in [0.15, 0.2) is 18.2 Å². The molecular weight excluding hydrogens is 234 g/mol. The number of phenolic OH excluding ortho intramolecular Hbond substituents is 1. The van der Waals surface area contributed by atoms with Crippen molar-refractivity contribution in [3.63, 3.8) is 0 Å². The van der Waals surface area contributed by atoms with Crippen LogP contribution in [-0.4, -0.2) is 22.1 Å². The Morgan fingerprint density at radius 2 is 2.06 bits per heavy atom. The molecule has 1 aromatic rings. The van der Waals surface area contributed by atoms with Crippen LogP contribution in [0.1, 0.15) is 6.92 Å². The van der Waals surface area contributed by atoms with E-state index in [1.165, 1.54) is 25.1 Å². The first-order valence-corrected chi connectivity index (χ1v) is 4.82. The monoisotopic (exact) mass is 243 g/mol. The first-order chi connectivity index (χ1) is 7.41. The summed E-state index contributed by atoms with van der Waals surface area (Å²) in [5, 5.41) is 20.2. The number of hydrogen-bond acceptors (Lipinski definition) is 3. The standard InChI is InChI=1S/C10H10ClNO4/c1-5(10(15)16)9(14)12-8-3-2-6(13)4-7(8)11/h2-5,13H,1H3,(H,12,14)(H,15,16). The molecule has 0 saturated heterocycles. The number of carbonyl (C=O) groups excluding carboxylic acids is 1. The summed E-state index contributed by atoms with van der Waals surface area (Å²) in [7, 11) is 0. The van der Waals surface area contributed by atoms with Crippen LogP contribution in [0.3, 0.4) is 0 Å². The number of aliphatic carboxylic acids is 1. The van der Waals surface area contributed by atoms with Crippen molar-refractivity contribution in [3.05, 3.63) is 23.2 Å². The average molecular weight is 244 g/mol. The maximum Gasteiger partial charge on any atom is 0.315 e. The zero-order valence-corrected chi connectivity index (χ0v) is 9.15. The first-order valence-electron chi connectivity index (χ1n) is 4.44. The summed E-state index contributed by atoms with van der Waals surface area (Å²) in [6.07, 6.45) is 0. The SMILES string of the molecule is CC(C(=O)O)C(=O)Nc1ccc(O)cc1Cl. The van der Waals surface area contributed by atoms with Crippen LogP contribution >= 0.6 is 11.6 Å². The lowest BCUT2D eigenvalue weighted by Gasteiger charge is -2.09. The van der Waals surface area contributed by atoms with E-state index >= 15 is 0 Å². The highest BCUT2D eigenvalue weighted by atomic mass is 35.5. The predicted molar refractivity (Wildman–Crippen MR) is 58.5 cm³/mol. The van der Waals surface area contributed by atoms with Gasteiger partial charge in [0, 0.05) is 6.07 Å². The number of phenols is 1. The van der Waals surface area contributed by atoms with Crippen molar-refractivity contribution in [3.8, 4) is 5.75 Å². The molecular formula is C10H10ClNO4. The molecule has 86 valence electrons. The van der Waals surface area contributed by atoms with E-state index in [4.69, 9.17) is 21.8 Å². The van der Waals surface area contributed by atoms with Gasteiger partial charge in [-0.2, -0.15) is 0 Å². The quantitative estimate of drug-likeness (QED) is 0.557. The molecule has 6 heteroatoms. The van der Waals surface area contributed by atoms with Gasteiger partial charge in [0.05, 0.1) is 10.7 Å². The summed E-state index contributed by atoms with van der Waals surface area (Å²) in [6.45, 7) is 1.27. The van der Waals surface area contributed by atoms with Crippen molar-refractivity contribution >= 4 is 29.2 Å².